The van der Waals surface area contributed by atoms with Gasteiger partial charge >= 0.3 is 8.56 Å². The third-order valence-corrected chi connectivity index (χ3v) is 4.66. The highest BCUT2D eigenvalue weighted by Crippen LogP contribution is 2.10. The molecule has 1 atom stereocenters. The fourth-order valence-electron chi connectivity index (χ4n) is 1.27. The van der Waals surface area contributed by atoms with Crippen LogP contribution in [-0.2, 0) is 8.85 Å². The third kappa shape index (κ3) is 3.99. The normalized spacial score (nSPS) is 15.4. The van der Waals surface area contributed by atoms with Gasteiger partial charge in [-0.3, -0.25) is 0 Å². The van der Waals surface area contributed by atoms with Crippen LogP contribution in [0.15, 0.2) is 36.0 Å². The smallest absolute Gasteiger partial charge is 0.361 e. The van der Waals surface area contributed by atoms with Crippen LogP contribution in [0.2, 0.25) is 6.55 Å². The molecule has 3 heteroatoms. The van der Waals surface area contributed by atoms with E-state index in [1.807, 2.05) is 31.7 Å². The number of benzene rings is 1. The van der Waals surface area contributed by atoms with Crippen LogP contribution < -0.4 is 0 Å². The molecule has 0 aliphatic heterocycles. The molecule has 0 heterocycles. The van der Waals surface area contributed by atoms with Gasteiger partial charge in [-0.25, -0.2) is 0 Å². The summed E-state index contributed by atoms with van der Waals surface area (Å²) in [6.07, 6.45) is 2.06. The zero-order valence-corrected chi connectivity index (χ0v) is 10.6. The van der Waals surface area contributed by atoms with Gasteiger partial charge in [-0.15, -0.1) is 0 Å². The molecule has 0 fully saturated rings. The fourth-order valence-corrected chi connectivity index (χ4v) is 2.69. The summed E-state index contributed by atoms with van der Waals surface area (Å²) in [6.45, 7) is 4.71. The lowest BCUT2D eigenvalue weighted by Crippen LogP contribution is -2.35. The Balaban J connectivity index is 2.70. The van der Waals surface area contributed by atoms with Gasteiger partial charge in [-0.05, 0) is 24.7 Å². The Kier molecular flexibility index (Phi) is 4.75. The Labute approximate surface area is 92.8 Å². The van der Waals surface area contributed by atoms with Gasteiger partial charge in [0.25, 0.3) is 0 Å². The van der Waals surface area contributed by atoms with Gasteiger partial charge < -0.3 is 8.85 Å². The average Bonchev–Trinajstić information content (AvgIpc) is 2.28. The minimum absolute atomic E-state index is 0.690. The second-order valence-corrected chi connectivity index (χ2v) is 6.46. The van der Waals surface area contributed by atoms with Gasteiger partial charge in [0.2, 0.25) is 0 Å². The van der Waals surface area contributed by atoms with Crippen LogP contribution in [0, 0.1) is 0 Å². The van der Waals surface area contributed by atoms with E-state index in [2.05, 4.69) is 23.9 Å². The molecular weight excluding hydrogens is 204 g/mol. The molecule has 1 aromatic carbocycles. The van der Waals surface area contributed by atoms with Crippen molar-refractivity contribution in [3.05, 3.63) is 41.6 Å². The minimum atomic E-state index is -2.09. The molecule has 0 spiro atoms. The first-order valence-corrected chi connectivity index (χ1v) is 7.53. The van der Waals surface area contributed by atoms with Crippen molar-refractivity contribution >= 4 is 14.6 Å². The zero-order valence-electron chi connectivity index (χ0n) is 9.57. The van der Waals surface area contributed by atoms with E-state index in [0.717, 1.165) is 0 Å². The summed E-state index contributed by atoms with van der Waals surface area (Å²) in [5.41, 5.74) is 3.24. The Morgan fingerprint density at radius 3 is 2.47 bits per heavy atom. The maximum absolute atomic E-state index is 5.63. The quantitative estimate of drug-likeness (QED) is 0.713. The maximum Gasteiger partial charge on any atom is 0.361 e. The summed E-state index contributed by atoms with van der Waals surface area (Å²) < 4.78 is 11.1. The predicted octanol–water partition coefficient (Wildman–Crippen LogP) is 2.99. The monoisotopic (exact) mass is 222 g/mol. The van der Waals surface area contributed by atoms with Gasteiger partial charge in [0.05, 0.1) is 0 Å². The molecule has 82 valence electrons. The van der Waals surface area contributed by atoms with E-state index in [0.29, 0.717) is 6.61 Å². The summed E-state index contributed by atoms with van der Waals surface area (Å²) in [6, 6.07) is 10.2. The summed E-state index contributed by atoms with van der Waals surface area (Å²) >= 11 is 0. The standard InChI is InChI=1S/C12H18O2Si/c1-4-14-15(3,13-2)11-10-12-8-6-5-7-9-12/h5-11H,4H2,1-3H3/b11-10+. The SMILES string of the molecule is CCO[Si](C)(/C=C/c1ccccc1)OC. The molecule has 0 aromatic heterocycles. The largest absolute Gasteiger partial charge is 0.395 e. The van der Waals surface area contributed by atoms with Crippen molar-refractivity contribution in [2.24, 2.45) is 0 Å². The molecule has 2 nitrogen and oxygen atoms in total. The molecule has 0 amide bonds. The van der Waals surface area contributed by atoms with Gasteiger partial charge in [0, 0.05) is 13.7 Å². The highest BCUT2D eigenvalue weighted by Gasteiger charge is 2.25. The van der Waals surface area contributed by atoms with Crippen LogP contribution in [0.3, 0.4) is 0 Å². The number of hydrogen-bond donors (Lipinski definition) is 0. The summed E-state index contributed by atoms with van der Waals surface area (Å²) in [5, 5.41) is 0. The Bertz CT molecular complexity index is 311. The van der Waals surface area contributed by atoms with Gasteiger partial charge in [0.15, 0.2) is 0 Å². The molecule has 0 N–H and O–H groups in total. The first kappa shape index (κ1) is 12.2. The lowest BCUT2D eigenvalue weighted by Gasteiger charge is -2.20. The Morgan fingerprint density at radius 2 is 1.93 bits per heavy atom. The van der Waals surface area contributed by atoms with Crippen molar-refractivity contribution in [1.29, 1.82) is 0 Å². The van der Waals surface area contributed by atoms with Gasteiger partial charge in [-0.1, -0.05) is 36.4 Å². The second kappa shape index (κ2) is 5.85. The van der Waals surface area contributed by atoms with E-state index in [4.69, 9.17) is 8.85 Å². The summed E-state index contributed by atoms with van der Waals surface area (Å²) in [7, 11) is -0.381. The molecule has 1 unspecified atom stereocenters. The van der Waals surface area contributed by atoms with E-state index in [-0.39, 0.29) is 0 Å². The van der Waals surface area contributed by atoms with E-state index < -0.39 is 8.56 Å². The lowest BCUT2D eigenvalue weighted by molar-refractivity contribution is 0.228. The van der Waals surface area contributed by atoms with Crippen molar-refractivity contribution in [3.63, 3.8) is 0 Å². The fraction of sp³-hybridized carbons (Fsp3) is 0.333. The highest BCUT2D eigenvalue weighted by molar-refractivity contribution is 6.71. The molecule has 0 saturated heterocycles. The van der Waals surface area contributed by atoms with Crippen molar-refractivity contribution in [2.75, 3.05) is 13.7 Å². The van der Waals surface area contributed by atoms with Crippen LogP contribution in [-0.4, -0.2) is 22.3 Å². The predicted molar refractivity (Wildman–Crippen MR) is 65.7 cm³/mol. The lowest BCUT2D eigenvalue weighted by atomic mass is 10.2. The topological polar surface area (TPSA) is 18.5 Å². The molecule has 0 saturated carbocycles. The minimum Gasteiger partial charge on any atom is -0.395 e. The number of hydrogen-bond acceptors (Lipinski definition) is 2. The summed E-state index contributed by atoms with van der Waals surface area (Å²) in [4.78, 5) is 0. The summed E-state index contributed by atoms with van der Waals surface area (Å²) in [5.74, 6) is 0. The molecule has 0 aliphatic carbocycles. The molecule has 0 radical (unpaired) electrons. The molecule has 0 aliphatic rings. The average molecular weight is 222 g/mol. The van der Waals surface area contributed by atoms with E-state index >= 15 is 0 Å². The maximum atomic E-state index is 5.63. The third-order valence-electron chi connectivity index (χ3n) is 2.21. The number of rotatable bonds is 5. The van der Waals surface area contributed by atoms with Crippen molar-refractivity contribution < 1.29 is 8.85 Å². The Hall–Kier alpha value is -0.903. The Morgan fingerprint density at radius 1 is 1.27 bits per heavy atom. The van der Waals surface area contributed by atoms with Crippen molar-refractivity contribution in [1.82, 2.24) is 0 Å². The molecule has 1 aromatic rings. The van der Waals surface area contributed by atoms with Crippen LogP contribution in [0.5, 0.6) is 0 Å². The first-order chi connectivity index (χ1) is 7.20. The molecule has 15 heavy (non-hydrogen) atoms. The van der Waals surface area contributed by atoms with Crippen LogP contribution in [0.25, 0.3) is 6.08 Å². The van der Waals surface area contributed by atoms with Crippen molar-refractivity contribution in [2.45, 2.75) is 13.5 Å². The highest BCUT2D eigenvalue weighted by atomic mass is 28.4. The van der Waals surface area contributed by atoms with E-state index in [1.54, 1.807) is 7.11 Å². The second-order valence-electron chi connectivity index (χ2n) is 3.40. The van der Waals surface area contributed by atoms with Crippen molar-refractivity contribution in [3.8, 4) is 0 Å². The first-order valence-electron chi connectivity index (χ1n) is 5.13. The van der Waals surface area contributed by atoms with Crippen LogP contribution >= 0.6 is 0 Å². The molecular formula is C12H18O2Si. The van der Waals surface area contributed by atoms with E-state index in [9.17, 15) is 0 Å². The molecule has 1 rings (SSSR count). The van der Waals surface area contributed by atoms with E-state index in [1.165, 1.54) is 5.56 Å². The van der Waals surface area contributed by atoms with Crippen LogP contribution in [0.4, 0.5) is 0 Å². The van der Waals surface area contributed by atoms with Gasteiger partial charge in [0.1, 0.15) is 0 Å². The van der Waals surface area contributed by atoms with Gasteiger partial charge in [-0.2, -0.15) is 0 Å². The zero-order chi connectivity index (χ0) is 11.1. The van der Waals surface area contributed by atoms with Crippen LogP contribution in [0.1, 0.15) is 12.5 Å². The molecule has 0 bridgehead atoms.